The second kappa shape index (κ2) is 10.5. The van der Waals surface area contributed by atoms with Gasteiger partial charge in [0.2, 0.25) is 0 Å². The van der Waals surface area contributed by atoms with Gasteiger partial charge in [0.25, 0.3) is 5.91 Å². The molecule has 1 heterocycles. The van der Waals surface area contributed by atoms with E-state index in [0.29, 0.717) is 26.2 Å². The lowest BCUT2D eigenvalue weighted by atomic mass is 10.0. The minimum absolute atomic E-state index is 0.110. The molecule has 0 fully saturated rings. The summed E-state index contributed by atoms with van der Waals surface area (Å²) in [6, 6.07) is 15.7. The van der Waals surface area contributed by atoms with Gasteiger partial charge in [-0.05, 0) is 55.3 Å². The molecule has 0 unspecified atom stereocenters. The van der Waals surface area contributed by atoms with Crippen molar-refractivity contribution in [3.05, 3.63) is 80.2 Å². The maximum Gasteiger partial charge on any atom is 0.341 e. The third-order valence-corrected chi connectivity index (χ3v) is 5.99. The van der Waals surface area contributed by atoms with Crippen molar-refractivity contribution in [2.45, 2.75) is 13.8 Å². The number of hydrogen-bond acceptors (Lipinski definition) is 5. The minimum atomic E-state index is -0.628. The van der Waals surface area contributed by atoms with Crippen LogP contribution in [0.1, 0.15) is 27.7 Å². The van der Waals surface area contributed by atoms with Gasteiger partial charge in [0.1, 0.15) is 22.2 Å². The van der Waals surface area contributed by atoms with Gasteiger partial charge in [-0.2, -0.15) is 5.26 Å². The first kappa shape index (κ1) is 23.6. The van der Waals surface area contributed by atoms with Crippen molar-refractivity contribution in [1.82, 2.24) is 0 Å². The Balaban J connectivity index is 2.01. The Hall–Kier alpha value is -3.11. The molecule has 0 radical (unpaired) electrons. The molecule has 1 aromatic heterocycles. The van der Waals surface area contributed by atoms with Gasteiger partial charge in [-0.15, -0.1) is 11.3 Å². The number of nitrogens with one attached hydrogen (secondary N) is 1. The normalized spacial score (nSPS) is 11.0. The van der Waals surface area contributed by atoms with Crippen molar-refractivity contribution in [2.24, 2.45) is 0 Å². The first-order chi connectivity index (χ1) is 15.3. The zero-order valence-corrected chi connectivity index (χ0v) is 19.6. The topological polar surface area (TPSA) is 79.2 Å². The van der Waals surface area contributed by atoms with Crippen LogP contribution < -0.4 is 5.32 Å². The zero-order chi connectivity index (χ0) is 23.3. The third-order valence-electron chi connectivity index (χ3n) is 4.47. The number of aryl methyl sites for hydroxylation is 1. The molecule has 1 N–H and O–H groups in total. The van der Waals surface area contributed by atoms with Crippen molar-refractivity contribution in [3.8, 4) is 17.2 Å². The summed E-state index contributed by atoms with van der Waals surface area (Å²) in [7, 11) is 0. The Morgan fingerprint density at radius 1 is 1.09 bits per heavy atom. The van der Waals surface area contributed by atoms with Crippen LogP contribution in [0.3, 0.4) is 0 Å². The Labute approximate surface area is 199 Å². The number of carbonyl (C=O) groups excluding carboxylic acids is 2. The molecule has 0 spiro atoms. The van der Waals surface area contributed by atoms with Gasteiger partial charge in [-0.25, -0.2) is 4.79 Å². The van der Waals surface area contributed by atoms with Crippen LogP contribution in [0, 0.1) is 18.3 Å². The molecule has 162 valence electrons. The van der Waals surface area contributed by atoms with Gasteiger partial charge in [-0.3, -0.25) is 4.79 Å². The van der Waals surface area contributed by atoms with Crippen LogP contribution in [0.15, 0.2) is 54.1 Å². The number of carbonyl (C=O) groups is 2. The molecule has 0 aliphatic heterocycles. The summed E-state index contributed by atoms with van der Waals surface area (Å²) in [5.74, 6) is -1.19. The Bertz CT molecular complexity index is 1220. The van der Waals surface area contributed by atoms with Crippen LogP contribution in [-0.4, -0.2) is 18.5 Å². The number of halogens is 2. The minimum Gasteiger partial charge on any atom is -0.462 e. The molecule has 0 bridgehead atoms. The number of nitrogens with zero attached hydrogens (tertiary/aromatic N) is 1. The second-order valence-electron chi connectivity index (χ2n) is 6.64. The summed E-state index contributed by atoms with van der Waals surface area (Å²) in [5, 5.41) is 13.7. The van der Waals surface area contributed by atoms with Crippen LogP contribution >= 0.6 is 34.5 Å². The lowest BCUT2D eigenvalue weighted by Crippen LogP contribution is -2.16. The first-order valence-corrected chi connectivity index (χ1v) is 11.2. The predicted molar refractivity (Wildman–Crippen MR) is 129 cm³/mol. The summed E-state index contributed by atoms with van der Waals surface area (Å²) in [4.78, 5) is 26.5. The summed E-state index contributed by atoms with van der Waals surface area (Å²) in [5.41, 5.74) is 2.20. The highest BCUT2D eigenvalue weighted by molar-refractivity contribution is 7.17. The Morgan fingerprint density at radius 2 is 1.69 bits per heavy atom. The number of benzene rings is 2. The number of esters is 1. The van der Waals surface area contributed by atoms with E-state index in [4.69, 9.17) is 27.9 Å². The first-order valence-electron chi connectivity index (χ1n) is 9.59. The van der Waals surface area contributed by atoms with E-state index in [9.17, 15) is 14.9 Å². The maximum absolute atomic E-state index is 12.9. The number of rotatable bonds is 6. The highest BCUT2D eigenvalue weighted by Crippen LogP contribution is 2.41. The molecule has 32 heavy (non-hydrogen) atoms. The molecule has 0 aliphatic carbocycles. The number of thiophene rings is 1. The fraction of sp³-hybridized carbons (Fsp3) is 0.125. The summed E-state index contributed by atoms with van der Waals surface area (Å²) in [6.45, 7) is 3.74. The van der Waals surface area contributed by atoms with Gasteiger partial charge in [0.05, 0.1) is 6.61 Å². The van der Waals surface area contributed by atoms with Crippen molar-refractivity contribution < 1.29 is 14.3 Å². The quantitative estimate of drug-likeness (QED) is 0.238. The average molecular weight is 485 g/mol. The number of nitriles is 1. The van der Waals surface area contributed by atoms with E-state index in [1.807, 2.05) is 13.0 Å². The highest BCUT2D eigenvalue weighted by Gasteiger charge is 2.26. The molecule has 3 aromatic rings. The van der Waals surface area contributed by atoms with Crippen LogP contribution in [0.2, 0.25) is 10.0 Å². The zero-order valence-electron chi connectivity index (χ0n) is 17.2. The number of amides is 1. The van der Waals surface area contributed by atoms with Gasteiger partial charge in [-0.1, -0.05) is 47.5 Å². The van der Waals surface area contributed by atoms with E-state index in [-0.39, 0.29) is 17.7 Å². The number of hydrogen-bond donors (Lipinski definition) is 1. The van der Waals surface area contributed by atoms with Gasteiger partial charge >= 0.3 is 5.97 Å². The van der Waals surface area contributed by atoms with Crippen molar-refractivity contribution in [2.75, 3.05) is 11.9 Å². The Morgan fingerprint density at radius 3 is 2.25 bits per heavy atom. The Kier molecular flexibility index (Phi) is 7.70. The standard InChI is InChI=1S/C24H18Cl2N2O3S/c1-3-31-24(30)21-20(16-6-10-19(26)11-7-16)14(2)32-23(21)28-22(29)17(13-27)12-15-4-8-18(25)9-5-15/h4-12H,3H2,1-2H3,(H,28,29)/b17-12+. The SMILES string of the molecule is CCOC(=O)c1c(NC(=O)/C(C#N)=C/c2ccc(Cl)cc2)sc(C)c1-c1ccc(Cl)cc1. The smallest absolute Gasteiger partial charge is 0.341 e. The fourth-order valence-corrected chi connectivity index (χ4v) is 4.35. The van der Waals surface area contributed by atoms with E-state index >= 15 is 0 Å². The van der Waals surface area contributed by atoms with E-state index < -0.39 is 11.9 Å². The summed E-state index contributed by atoms with van der Waals surface area (Å²) < 4.78 is 5.24. The molecule has 1 amide bonds. The molecule has 2 aromatic carbocycles. The summed E-state index contributed by atoms with van der Waals surface area (Å²) in [6.07, 6.45) is 1.45. The highest BCUT2D eigenvalue weighted by atomic mass is 35.5. The number of anilines is 1. The van der Waals surface area contributed by atoms with E-state index in [1.54, 1.807) is 55.5 Å². The van der Waals surface area contributed by atoms with Crippen molar-refractivity contribution in [3.63, 3.8) is 0 Å². The van der Waals surface area contributed by atoms with Crippen molar-refractivity contribution >= 4 is 57.5 Å². The molecular formula is C24H18Cl2N2O3S. The molecule has 8 heteroatoms. The van der Waals surface area contributed by atoms with Crippen LogP contribution in [0.25, 0.3) is 17.2 Å². The van der Waals surface area contributed by atoms with Crippen LogP contribution in [0.5, 0.6) is 0 Å². The van der Waals surface area contributed by atoms with E-state index in [2.05, 4.69) is 5.32 Å². The molecule has 5 nitrogen and oxygen atoms in total. The van der Waals surface area contributed by atoms with Crippen molar-refractivity contribution in [1.29, 1.82) is 5.26 Å². The summed E-state index contributed by atoms with van der Waals surface area (Å²) >= 11 is 13.1. The molecule has 0 aliphatic rings. The van der Waals surface area contributed by atoms with E-state index in [1.165, 1.54) is 17.4 Å². The van der Waals surface area contributed by atoms with Gasteiger partial charge in [0.15, 0.2) is 0 Å². The lowest BCUT2D eigenvalue weighted by Gasteiger charge is -2.09. The number of ether oxygens (including phenoxy) is 1. The largest absolute Gasteiger partial charge is 0.462 e. The van der Waals surface area contributed by atoms with Gasteiger partial charge < -0.3 is 10.1 Å². The van der Waals surface area contributed by atoms with Gasteiger partial charge in [0, 0.05) is 20.5 Å². The fourth-order valence-electron chi connectivity index (χ4n) is 3.04. The second-order valence-corrected chi connectivity index (χ2v) is 8.74. The van der Waals surface area contributed by atoms with E-state index in [0.717, 1.165) is 10.4 Å². The molecule has 0 atom stereocenters. The maximum atomic E-state index is 12.9. The molecular weight excluding hydrogens is 467 g/mol. The molecule has 0 saturated carbocycles. The predicted octanol–water partition coefficient (Wildman–Crippen LogP) is 6.75. The van der Waals surface area contributed by atoms with Crippen LogP contribution in [0.4, 0.5) is 5.00 Å². The average Bonchev–Trinajstić information content (AvgIpc) is 3.09. The molecule has 0 saturated heterocycles. The van der Waals surface area contributed by atoms with Crippen LogP contribution in [-0.2, 0) is 9.53 Å². The lowest BCUT2D eigenvalue weighted by molar-refractivity contribution is -0.112. The monoisotopic (exact) mass is 484 g/mol. The molecule has 3 rings (SSSR count). The third kappa shape index (κ3) is 5.38.